The maximum absolute atomic E-state index is 12.9. The van der Waals surface area contributed by atoms with E-state index in [1.807, 2.05) is 0 Å². The van der Waals surface area contributed by atoms with Crippen molar-refractivity contribution in [3.63, 3.8) is 0 Å². The average molecular weight is 354 g/mol. The van der Waals surface area contributed by atoms with Crippen LogP contribution in [0.1, 0.15) is 0 Å². The number of carbonyl (C=O) groups excluding carboxylic acids is 1. The van der Waals surface area contributed by atoms with E-state index in [1.165, 1.54) is 30.5 Å². The quantitative estimate of drug-likeness (QED) is 0.758. The SMILES string of the molecule is COc1ccc(-c2cnn(CC(=O)Nc3ccc(F)cc3)c(=O)n2)cc1. The Morgan fingerprint density at radius 3 is 2.46 bits per heavy atom. The molecule has 26 heavy (non-hydrogen) atoms. The zero-order valence-electron chi connectivity index (χ0n) is 13.8. The van der Waals surface area contributed by atoms with Crippen molar-refractivity contribution in [2.45, 2.75) is 6.54 Å². The first-order chi connectivity index (χ1) is 12.5. The molecule has 1 N–H and O–H groups in total. The lowest BCUT2D eigenvalue weighted by molar-refractivity contribution is -0.117. The summed E-state index contributed by atoms with van der Waals surface area (Å²) in [6, 6.07) is 12.3. The lowest BCUT2D eigenvalue weighted by Gasteiger charge is -2.07. The van der Waals surface area contributed by atoms with E-state index < -0.39 is 17.4 Å². The van der Waals surface area contributed by atoms with Gasteiger partial charge in [0, 0.05) is 11.3 Å². The third-order valence-electron chi connectivity index (χ3n) is 3.56. The number of halogens is 1. The van der Waals surface area contributed by atoms with Gasteiger partial charge >= 0.3 is 5.69 Å². The Kier molecular flexibility index (Phi) is 5.02. The number of rotatable bonds is 5. The van der Waals surface area contributed by atoms with Crippen molar-refractivity contribution in [1.82, 2.24) is 14.8 Å². The molecule has 1 heterocycles. The van der Waals surface area contributed by atoms with Crippen LogP contribution in [-0.2, 0) is 11.3 Å². The van der Waals surface area contributed by atoms with Crippen molar-refractivity contribution in [3.8, 4) is 17.0 Å². The molecule has 0 bridgehead atoms. The summed E-state index contributed by atoms with van der Waals surface area (Å²) in [6.07, 6.45) is 1.41. The van der Waals surface area contributed by atoms with E-state index in [0.717, 1.165) is 4.68 Å². The molecule has 0 radical (unpaired) electrons. The number of carbonyl (C=O) groups is 1. The van der Waals surface area contributed by atoms with E-state index in [0.29, 0.717) is 22.7 Å². The van der Waals surface area contributed by atoms with Gasteiger partial charge in [0.2, 0.25) is 5.91 Å². The summed E-state index contributed by atoms with van der Waals surface area (Å²) in [5.41, 5.74) is 0.881. The molecule has 0 saturated heterocycles. The molecule has 0 unspecified atom stereocenters. The van der Waals surface area contributed by atoms with Gasteiger partial charge in [-0.2, -0.15) is 10.1 Å². The van der Waals surface area contributed by atoms with Crippen LogP contribution in [0.5, 0.6) is 5.75 Å². The molecule has 0 aliphatic rings. The van der Waals surface area contributed by atoms with Crippen LogP contribution in [-0.4, -0.2) is 27.8 Å². The summed E-state index contributed by atoms with van der Waals surface area (Å²) in [5, 5.41) is 6.54. The lowest BCUT2D eigenvalue weighted by atomic mass is 10.1. The van der Waals surface area contributed by atoms with Gasteiger partial charge in [-0.1, -0.05) is 0 Å². The minimum atomic E-state index is -0.646. The number of nitrogens with zero attached hydrogens (tertiary/aromatic N) is 3. The van der Waals surface area contributed by atoms with E-state index in [2.05, 4.69) is 15.4 Å². The number of hydrogen-bond donors (Lipinski definition) is 1. The second kappa shape index (κ2) is 7.56. The Morgan fingerprint density at radius 1 is 1.15 bits per heavy atom. The molecule has 1 amide bonds. The van der Waals surface area contributed by atoms with Crippen LogP contribution in [0.4, 0.5) is 10.1 Å². The number of anilines is 1. The van der Waals surface area contributed by atoms with Gasteiger partial charge in [-0.3, -0.25) is 4.79 Å². The first-order valence-electron chi connectivity index (χ1n) is 7.69. The van der Waals surface area contributed by atoms with Crippen LogP contribution >= 0.6 is 0 Å². The molecule has 0 spiro atoms. The number of nitrogens with one attached hydrogen (secondary N) is 1. The van der Waals surface area contributed by atoms with Crippen LogP contribution in [0, 0.1) is 5.82 Å². The minimum absolute atomic E-state index is 0.300. The highest BCUT2D eigenvalue weighted by molar-refractivity contribution is 5.90. The van der Waals surface area contributed by atoms with Gasteiger partial charge < -0.3 is 10.1 Å². The fraction of sp³-hybridized carbons (Fsp3) is 0.111. The standard InChI is InChI=1S/C18H15FN4O3/c1-26-15-8-2-12(3-9-15)16-10-20-23(18(25)22-16)11-17(24)21-14-6-4-13(19)5-7-14/h2-10H,11H2,1H3,(H,21,24). The van der Waals surface area contributed by atoms with Crippen molar-refractivity contribution >= 4 is 11.6 Å². The molecule has 0 fully saturated rings. The maximum Gasteiger partial charge on any atom is 0.365 e. The zero-order valence-corrected chi connectivity index (χ0v) is 13.8. The van der Waals surface area contributed by atoms with Gasteiger partial charge in [-0.05, 0) is 48.5 Å². The second-order valence-electron chi connectivity index (χ2n) is 5.37. The van der Waals surface area contributed by atoms with E-state index in [-0.39, 0.29) is 6.54 Å². The Hall–Kier alpha value is -3.55. The molecule has 7 nitrogen and oxygen atoms in total. The topological polar surface area (TPSA) is 86.1 Å². The van der Waals surface area contributed by atoms with Crippen LogP contribution in [0.15, 0.2) is 59.5 Å². The molecule has 0 aliphatic heterocycles. The van der Waals surface area contributed by atoms with Crippen LogP contribution in [0.2, 0.25) is 0 Å². The Labute approximate surface area is 148 Å². The maximum atomic E-state index is 12.9. The number of ether oxygens (including phenoxy) is 1. The van der Waals surface area contributed by atoms with E-state index >= 15 is 0 Å². The normalized spacial score (nSPS) is 10.4. The number of aromatic nitrogens is 3. The second-order valence-corrected chi connectivity index (χ2v) is 5.37. The van der Waals surface area contributed by atoms with Gasteiger partial charge in [-0.15, -0.1) is 0 Å². The predicted octanol–water partition coefficient (Wildman–Crippen LogP) is 2.09. The predicted molar refractivity (Wildman–Crippen MR) is 93.3 cm³/mol. The van der Waals surface area contributed by atoms with E-state index in [1.54, 1.807) is 31.4 Å². The molecule has 3 rings (SSSR count). The van der Waals surface area contributed by atoms with Crippen molar-refractivity contribution in [2.75, 3.05) is 12.4 Å². The number of methoxy groups -OCH3 is 1. The first kappa shape index (κ1) is 17.3. The molecule has 3 aromatic rings. The minimum Gasteiger partial charge on any atom is -0.497 e. The number of hydrogen-bond acceptors (Lipinski definition) is 5. The monoisotopic (exact) mass is 354 g/mol. The smallest absolute Gasteiger partial charge is 0.365 e. The summed E-state index contributed by atoms with van der Waals surface area (Å²) in [7, 11) is 1.56. The molecule has 0 aliphatic carbocycles. The number of amides is 1. The van der Waals surface area contributed by atoms with Crippen LogP contribution < -0.4 is 15.7 Å². The average Bonchev–Trinajstić information content (AvgIpc) is 2.65. The van der Waals surface area contributed by atoms with Gasteiger partial charge in [0.05, 0.1) is 19.0 Å². The van der Waals surface area contributed by atoms with E-state index in [4.69, 9.17) is 4.74 Å². The van der Waals surface area contributed by atoms with Crippen LogP contribution in [0.25, 0.3) is 11.3 Å². The number of benzene rings is 2. The molecule has 1 aromatic heterocycles. The first-order valence-corrected chi connectivity index (χ1v) is 7.69. The zero-order chi connectivity index (χ0) is 18.5. The summed E-state index contributed by atoms with van der Waals surface area (Å²) in [6.45, 7) is -0.300. The highest BCUT2D eigenvalue weighted by Crippen LogP contribution is 2.18. The fourth-order valence-electron chi connectivity index (χ4n) is 2.24. The molecule has 132 valence electrons. The highest BCUT2D eigenvalue weighted by Gasteiger charge is 2.09. The lowest BCUT2D eigenvalue weighted by Crippen LogP contribution is -2.31. The summed E-state index contributed by atoms with van der Waals surface area (Å²) < 4.78 is 18.9. The molecule has 0 saturated carbocycles. The van der Waals surface area contributed by atoms with Gasteiger partial charge in [0.15, 0.2) is 0 Å². The molecule has 0 atom stereocenters. The van der Waals surface area contributed by atoms with Crippen molar-refractivity contribution < 1.29 is 13.9 Å². The Bertz CT molecular complexity index is 969. The molecular weight excluding hydrogens is 339 g/mol. The highest BCUT2D eigenvalue weighted by atomic mass is 19.1. The largest absolute Gasteiger partial charge is 0.497 e. The molecule has 2 aromatic carbocycles. The van der Waals surface area contributed by atoms with Crippen LogP contribution in [0.3, 0.4) is 0 Å². The Balaban J connectivity index is 1.71. The van der Waals surface area contributed by atoms with E-state index in [9.17, 15) is 14.0 Å². The fourth-order valence-corrected chi connectivity index (χ4v) is 2.24. The summed E-state index contributed by atoms with van der Waals surface area (Å²) in [4.78, 5) is 28.0. The van der Waals surface area contributed by atoms with Crippen molar-refractivity contribution in [3.05, 3.63) is 71.0 Å². The summed E-state index contributed by atoms with van der Waals surface area (Å²) in [5.74, 6) is -0.183. The summed E-state index contributed by atoms with van der Waals surface area (Å²) >= 11 is 0. The third kappa shape index (κ3) is 4.10. The van der Waals surface area contributed by atoms with Gasteiger partial charge in [0.25, 0.3) is 0 Å². The Morgan fingerprint density at radius 2 is 1.85 bits per heavy atom. The molecular formula is C18H15FN4O3. The van der Waals surface area contributed by atoms with Gasteiger partial charge in [-0.25, -0.2) is 13.9 Å². The molecule has 8 heteroatoms. The third-order valence-corrected chi connectivity index (χ3v) is 3.56. The van der Waals surface area contributed by atoms with Crippen molar-refractivity contribution in [1.29, 1.82) is 0 Å². The van der Waals surface area contributed by atoms with Gasteiger partial charge in [0.1, 0.15) is 18.1 Å². The van der Waals surface area contributed by atoms with Crippen molar-refractivity contribution in [2.24, 2.45) is 0 Å².